The number of fused-ring (bicyclic) bond motifs is 1. The monoisotopic (exact) mass is 471 g/mol. The third kappa shape index (κ3) is 4.43. The van der Waals surface area contributed by atoms with E-state index in [1.54, 1.807) is 43.6 Å². The van der Waals surface area contributed by atoms with Crippen molar-refractivity contribution < 1.29 is 14.7 Å². The molecule has 4 N–H and O–H groups in total. The lowest BCUT2D eigenvalue weighted by atomic mass is 10.1. The number of anilines is 1. The third-order valence-electron chi connectivity index (χ3n) is 6.17. The number of hydrogen-bond acceptors (Lipinski definition) is 7. The van der Waals surface area contributed by atoms with Gasteiger partial charge >= 0.3 is 0 Å². The molecule has 1 aliphatic heterocycles. The van der Waals surface area contributed by atoms with E-state index >= 15 is 0 Å². The Hall–Kier alpha value is -4.31. The molecule has 0 aliphatic carbocycles. The van der Waals surface area contributed by atoms with E-state index in [0.717, 1.165) is 11.1 Å². The molecular formula is C25H25N7O3. The van der Waals surface area contributed by atoms with Gasteiger partial charge in [0.05, 0.1) is 17.2 Å². The SMILES string of the molecule is CC(O)c1cnc(N2CCN(C(=O)c3ccc(-c4nc5c(C(N)=O)cccc5[nH]4)cc3)CC2)nc1. The van der Waals surface area contributed by atoms with Crippen molar-refractivity contribution in [2.75, 3.05) is 31.1 Å². The number of carbonyl (C=O) groups excluding carboxylic acids is 2. The predicted molar refractivity (Wildman–Crippen MR) is 131 cm³/mol. The minimum atomic E-state index is -0.607. The van der Waals surface area contributed by atoms with Crippen LogP contribution in [0, 0.1) is 0 Å². The standard InChI is InChI=1S/C25H25N7O3/c1-15(33)18-13-27-25(28-14-18)32-11-9-31(10-12-32)24(35)17-7-5-16(6-8-17)23-29-20-4-2-3-19(22(26)34)21(20)30-23/h2-8,13-15,33H,9-12H2,1H3,(H2,26,34)(H,29,30). The number of benzene rings is 2. The molecule has 0 spiro atoms. The highest BCUT2D eigenvalue weighted by Crippen LogP contribution is 2.24. The second kappa shape index (κ2) is 9.15. The summed E-state index contributed by atoms with van der Waals surface area (Å²) in [7, 11) is 0. The molecule has 1 fully saturated rings. The molecule has 2 amide bonds. The molecule has 3 heterocycles. The van der Waals surface area contributed by atoms with Crippen LogP contribution in [-0.4, -0.2) is 67.9 Å². The number of aromatic nitrogens is 4. The smallest absolute Gasteiger partial charge is 0.253 e. The molecule has 35 heavy (non-hydrogen) atoms. The molecule has 10 nitrogen and oxygen atoms in total. The van der Waals surface area contributed by atoms with Crippen LogP contribution in [0.2, 0.25) is 0 Å². The maximum atomic E-state index is 13.0. The van der Waals surface area contributed by atoms with Crippen molar-refractivity contribution in [2.45, 2.75) is 13.0 Å². The molecule has 10 heteroatoms. The quantitative estimate of drug-likeness (QED) is 0.405. The Bertz CT molecular complexity index is 1370. The normalized spacial score (nSPS) is 14.8. The number of aromatic amines is 1. The molecule has 4 aromatic rings. The lowest BCUT2D eigenvalue weighted by Crippen LogP contribution is -2.49. The first kappa shape index (κ1) is 22.5. The van der Waals surface area contributed by atoms with E-state index in [4.69, 9.17) is 5.73 Å². The number of piperazine rings is 1. The Morgan fingerprint density at radius 3 is 2.34 bits per heavy atom. The number of nitrogens with one attached hydrogen (secondary N) is 1. The number of hydrogen-bond donors (Lipinski definition) is 3. The average Bonchev–Trinajstić information content (AvgIpc) is 3.33. The Labute approximate surface area is 201 Å². The van der Waals surface area contributed by atoms with Gasteiger partial charge in [-0.25, -0.2) is 15.0 Å². The van der Waals surface area contributed by atoms with E-state index in [9.17, 15) is 14.7 Å². The zero-order valence-electron chi connectivity index (χ0n) is 19.2. The molecule has 5 rings (SSSR count). The van der Waals surface area contributed by atoms with E-state index < -0.39 is 12.0 Å². The van der Waals surface area contributed by atoms with Gasteiger partial charge in [0, 0.05) is 55.3 Å². The molecular weight excluding hydrogens is 446 g/mol. The van der Waals surface area contributed by atoms with Crippen molar-refractivity contribution in [3.8, 4) is 11.4 Å². The molecule has 0 bridgehead atoms. The summed E-state index contributed by atoms with van der Waals surface area (Å²) >= 11 is 0. The molecule has 1 aliphatic rings. The zero-order valence-corrected chi connectivity index (χ0v) is 19.2. The van der Waals surface area contributed by atoms with Gasteiger partial charge in [-0.2, -0.15) is 0 Å². The Balaban J connectivity index is 1.25. The van der Waals surface area contributed by atoms with Crippen LogP contribution in [0.4, 0.5) is 5.95 Å². The summed E-state index contributed by atoms with van der Waals surface area (Å²) in [5.74, 6) is 0.624. The predicted octanol–water partition coefficient (Wildman–Crippen LogP) is 2.13. The summed E-state index contributed by atoms with van der Waals surface area (Å²) in [6.07, 6.45) is 2.65. The Kier molecular flexibility index (Phi) is 5.87. The summed E-state index contributed by atoms with van der Waals surface area (Å²) in [5, 5.41) is 9.62. The number of carbonyl (C=O) groups is 2. The van der Waals surface area contributed by atoms with Crippen LogP contribution in [0.5, 0.6) is 0 Å². The molecule has 1 atom stereocenters. The minimum Gasteiger partial charge on any atom is -0.389 e. The number of primary amides is 1. The van der Waals surface area contributed by atoms with E-state index in [1.165, 1.54) is 0 Å². The largest absolute Gasteiger partial charge is 0.389 e. The number of amides is 2. The molecule has 2 aromatic carbocycles. The number of aliphatic hydroxyl groups excluding tert-OH is 1. The molecule has 0 saturated carbocycles. The number of nitrogens with zero attached hydrogens (tertiary/aromatic N) is 5. The molecule has 2 aromatic heterocycles. The highest BCUT2D eigenvalue weighted by molar-refractivity contribution is 6.04. The van der Waals surface area contributed by atoms with Crippen LogP contribution in [0.15, 0.2) is 54.9 Å². The van der Waals surface area contributed by atoms with Gasteiger partial charge in [0.25, 0.3) is 11.8 Å². The van der Waals surface area contributed by atoms with Crippen LogP contribution in [0.1, 0.15) is 39.3 Å². The average molecular weight is 472 g/mol. The number of aliphatic hydroxyl groups is 1. The number of rotatable bonds is 5. The summed E-state index contributed by atoms with van der Waals surface area (Å²) in [6, 6.07) is 12.5. The first-order chi connectivity index (χ1) is 16.9. The Morgan fingerprint density at radius 2 is 1.71 bits per heavy atom. The van der Waals surface area contributed by atoms with E-state index in [1.807, 2.05) is 28.0 Å². The van der Waals surface area contributed by atoms with Gasteiger partial charge in [-0.15, -0.1) is 0 Å². The van der Waals surface area contributed by atoms with Gasteiger partial charge in [0.1, 0.15) is 11.3 Å². The van der Waals surface area contributed by atoms with Crippen LogP contribution in [0.3, 0.4) is 0 Å². The topological polar surface area (TPSA) is 141 Å². The summed E-state index contributed by atoms with van der Waals surface area (Å²) < 4.78 is 0. The van der Waals surface area contributed by atoms with Crippen molar-refractivity contribution in [2.24, 2.45) is 5.73 Å². The van der Waals surface area contributed by atoms with Crippen LogP contribution < -0.4 is 10.6 Å². The molecule has 178 valence electrons. The lowest BCUT2D eigenvalue weighted by Gasteiger charge is -2.34. The zero-order chi connectivity index (χ0) is 24.5. The van der Waals surface area contributed by atoms with Gasteiger partial charge in [-0.3, -0.25) is 9.59 Å². The number of nitrogens with two attached hydrogens (primary N) is 1. The highest BCUT2D eigenvalue weighted by Gasteiger charge is 2.24. The first-order valence-corrected chi connectivity index (χ1v) is 11.3. The minimum absolute atomic E-state index is 0.0396. The second-order valence-corrected chi connectivity index (χ2v) is 8.50. The first-order valence-electron chi connectivity index (χ1n) is 11.3. The van der Waals surface area contributed by atoms with Gasteiger partial charge in [0.15, 0.2) is 0 Å². The molecule has 0 radical (unpaired) electrons. The number of para-hydroxylation sites is 1. The fraction of sp³-hybridized carbons (Fsp3) is 0.240. The maximum absolute atomic E-state index is 13.0. The molecule has 1 saturated heterocycles. The summed E-state index contributed by atoms with van der Waals surface area (Å²) in [5.41, 5.74) is 9.13. The number of H-pyrrole nitrogens is 1. The van der Waals surface area contributed by atoms with Crippen molar-refractivity contribution in [1.82, 2.24) is 24.8 Å². The third-order valence-corrected chi connectivity index (χ3v) is 6.17. The second-order valence-electron chi connectivity index (χ2n) is 8.50. The summed E-state index contributed by atoms with van der Waals surface area (Å²) in [6.45, 7) is 4.03. The fourth-order valence-corrected chi connectivity index (χ4v) is 4.14. The Morgan fingerprint density at radius 1 is 1.03 bits per heavy atom. The van der Waals surface area contributed by atoms with Gasteiger partial charge < -0.3 is 25.6 Å². The van der Waals surface area contributed by atoms with E-state index in [0.29, 0.717) is 60.2 Å². The summed E-state index contributed by atoms with van der Waals surface area (Å²) in [4.78, 5) is 45.0. The van der Waals surface area contributed by atoms with Crippen molar-refractivity contribution in [3.05, 3.63) is 71.5 Å². The maximum Gasteiger partial charge on any atom is 0.253 e. The number of imidazole rings is 1. The molecule has 1 unspecified atom stereocenters. The fourth-order valence-electron chi connectivity index (χ4n) is 4.14. The highest BCUT2D eigenvalue weighted by atomic mass is 16.3. The van der Waals surface area contributed by atoms with E-state index in [2.05, 4.69) is 19.9 Å². The van der Waals surface area contributed by atoms with Crippen molar-refractivity contribution in [1.29, 1.82) is 0 Å². The van der Waals surface area contributed by atoms with Gasteiger partial charge in [-0.05, 0) is 31.2 Å². The van der Waals surface area contributed by atoms with Gasteiger partial charge in [0.2, 0.25) is 5.95 Å². The lowest BCUT2D eigenvalue weighted by molar-refractivity contribution is 0.0746. The van der Waals surface area contributed by atoms with Crippen LogP contribution in [0.25, 0.3) is 22.4 Å². The van der Waals surface area contributed by atoms with Crippen molar-refractivity contribution in [3.63, 3.8) is 0 Å². The van der Waals surface area contributed by atoms with E-state index in [-0.39, 0.29) is 5.91 Å². The van der Waals surface area contributed by atoms with Crippen molar-refractivity contribution >= 4 is 28.8 Å². The van der Waals surface area contributed by atoms with Crippen LogP contribution in [-0.2, 0) is 0 Å². The van der Waals surface area contributed by atoms with Crippen LogP contribution >= 0.6 is 0 Å². The van der Waals surface area contributed by atoms with Gasteiger partial charge in [-0.1, -0.05) is 18.2 Å².